The first kappa shape index (κ1) is 11.9. The van der Waals surface area contributed by atoms with E-state index < -0.39 is 0 Å². The van der Waals surface area contributed by atoms with Gasteiger partial charge in [-0.1, -0.05) is 19.4 Å². The third-order valence-electron chi connectivity index (χ3n) is 2.49. The molecule has 2 rings (SSSR count). The van der Waals surface area contributed by atoms with Gasteiger partial charge in [0.15, 0.2) is 0 Å². The molecule has 0 atom stereocenters. The van der Waals surface area contributed by atoms with Gasteiger partial charge in [-0.2, -0.15) is 24.3 Å². The molecule has 1 nitrogen and oxygen atoms in total. The van der Waals surface area contributed by atoms with Gasteiger partial charge in [-0.3, -0.25) is 0 Å². The van der Waals surface area contributed by atoms with Crippen LogP contribution in [0.15, 0.2) is 24.4 Å². The first-order chi connectivity index (χ1) is 6.20. The predicted octanol–water partition coefficient (Wildman–Crippen LogP) is 3.10. The topological polar surface area (TPSA) is 4.93 Å². The van der Waals surface area contributed by atoms with Crippen molar-refractivity contribution in [2.24, 2.45) is 7.05 Å². The maximum absolute atomic E-state index is 3.11. The predicted molar refractivity (Wildman–Crippen MR) is 55.8 cm³/mol. The summed E-state index contributed by atoms with van der Waals surface area (Å²) in [6.45, 7) is 4.46. The number of rotatable bonds is 1. The van der Waals surface area contributed by atoms with E-state index in [0.29, 0.717) is 5.92 Å². The second-order valence-electron chi connectivity index (χ2n) is 3.79. The van der Waals surface area contributed by atoms with Gasteiger partial charge >= 0.3 is 0 Å². The smallest absolute Gasteiger partial charge is 0 e. The number of aromatic nitrogens is 1. The van der Waals surface area contributed by atoms with Crippen LogP contribution in [-0.2, 0) is 39.8 Å². The van der Waals surface area contributed by atoms with Crippen LogP contribution in [0.1, 0.15) is 25.3 Å². The molecular weight excluding hydrogens is 247 g/mol. The molecule has 0 fully saturated rings. The van der Waals surface area contributed by atoms with Crippen LogP contribution in [0.5, 0.6) is 0 Å². The van der Waals surface area contributed by atoms with Crippen LogP contribution in [0, 0.1) is 6.07 Å². The minimum absolute atomic E-state index is 0. The minimum Gasteiger partial charge on any atom is -0.403 e. The van der Waals surface area contributed by atoms with Crippen molar-refractivity contribution < 1.29 is 32.7 Å². The van der Waals surface area contributed by atoms with Gasteiger partial charge in [-0.25, -0.2) is 0 Å². The Bertz CT molecular complexity index is 429. The van der Waals surface area contributed by atoms with Gasteiger partial charge < -0.3 is 4.57 Å². The maximum Gasteiger partial charge on any atom is 0 e. The largest absolute Gasteiger partial charge is 0.403 e. The summed E-state index contributed by atoms with van der Waals surface area (Å²) >= 11 is 0. The Balaban J connectivity index is 0.000000980. The molecule has 1 heterocycles. The average Bonchev–Trinajstić information content (AvgIpc) is 2.45. The Morgan fingerprint density at radius 2 is 2.07 bits per heavy atom. The van der Waals surface area contributed by atoms with Gasteiger partial charge in [0.2, 0.25) is 0 Å². The molecule has 1 aromatic heterocycles. The van der Waals surface area contributed by atoms with Gasteiger partial charge in [0, 0.05) is 32.7 Å². The van der Waals surface area contributed by atoms with Crippen molar-refractivity contribution >= 4 is 10.9 Å². The first-order valence-corrected chi connectivity index (χ1v) is 4.65. The molecule has 0 bridgehead atoms. The summed E-state index contributed by atoms with van der Waals surface area (Å²) in [5, 5.41) is 1.36. The van der Waals surface area contributed by atoms with E-state index in [1.165, 1.54) is 16.5 Å². The number of fused-ring (bicyclic) bond motifs is 1. The van der Waals surface area contributed by atoms with Crippen LogP contribution in [-0.4, -0.2) is 4.57 Å². The van der Waals surface area contributed by atoms with Crippen molar-refractivity contribution in [3.05, 3.63) is 36.0 Å². The Morgan fingerprint density at radius 1 is 1.36 bits per heavy atom. The molecule has 0 aliphatic rings. The van der Waals surface area contributed by atoms with Crippen LogP contribution in [0.25, 0.3) is 10.9 Å². The molecule has 0 spiro atoms. The standard InChI is InChI=1S/C12H14N.Y/c1-9(2)11-8-13(3)12-7-5-4-6-10(11)12;/h4,6-9H,1-3H3;/q-1;. The molecular formula is C12H14NY-. The van der Waals surface area contributed by atoms with Gasteiger partial charge in [0.1, 0.15) is 0 Å². The Kier molecular flexibility index (Phi) is 3.91. The second kappa shape index (κ2) is 4.59. The third kappa shape index (κ3) is 1.94. The molecule has 0 saturated carbocycles. The van der Waals surface area contributed by atoms with Crippen LogP contribution in [0.4, 0.5) is 0 Å². The fourth-order valence-electron chi connectivity index (χ4n) is 1.77. The number of aryl methyl sites for hydroxylation is 1. The molecule has 0 aliphatic heterocycles. The van der Waals surface area contributed by atoms with E-state index in [4.69, 9.17) is 0 Å². The van der Waals surface area contributed by atoms with Gasteiger partial charge in [0.25, 0.3) is 0 Å². The SMILES string of the molecule is CC(C)c1cn(C)c2c[c-]ccc12.[Y]. The Hall–Kier alpha value is -0.136. The monoisotopic (exact) mass is 261 g/mol. The van der Waals surface area contributed by atoms with E-state index in [2.05, 4.69) is 43.8 Å². The molecule has 0 amide bonds. The molecule has 0 aliphatic carbocycles. The fourth-order valence-corrected chi connectivity index (χ4v) is 1.77. The zero-order chi connectivity index (χ0) is 9.42. The third-order valence-corrected chi connectivity index (χ3v) is 2.49. The Labute approximate surface area is 110 Å². The van der Waals surface area contributed by atoms with Gasteiger partial charge in [-0.15, -0.1) is 5.39 Å². The van der Waals surface area contributed by atoms with Crippen LogP contribution >= 0.6 is 0 Å². The molecule has 14 heavy (non-hydrogen) atoms. The molecule has 2 aromatic rings. The van der Waals surface area contributed by atoms with Gasteiger partial charge in [-0.05, 0) is 24.7 Å². The molecule has 0 unspecified atom stereocenters. The normalized spacial score (nSPS) is 10.6. The summed E-state index contributed by atoms with van der Waals surface area (Å²) in [4.78, 5) is 0. The van der Waals surface area contributed by atoms with Crippen molar-refractivity contribution in [2.75, 3.05) is 0 Å². The summed E-state index contributed by atoms with van der Waals surface area (Å²) in [6, 6.07) is 9.27. The number of benzene rings is 1. The number of hydrogen-bond acceptors (Lipinski definition) is 0. The summed E-state index contributed by atoms with van der Waals surface area (Å²) < 4.78 is 2.17. The van der Waals surface area contributed by atoms with Gasteiger partial charge in [0.05, 0.1) is 0 Å². The van der Waals surface area contributed by atoms with E-state index in [1.54, 1.807) is 0 Å². The van der Waals surface area contributed by atoms with Crippen molar-refractivity contribution in [3.8, 4) is 0 Å². The van der Waals surface area contributed by atoms with Crippen LogP contribution < -0.4 is 0 Å². The van der Waals surface area contributed by atoms with Crippen LogP contribution in [0.2, 0.25) is 0 Å². The van der Waals surface area contributed by atoms with E-state index in [1.807, 2.05) is 12.1 Å². The van der Waals surface area contributed by atoms with E-state index >= 15 is 0 Å². The summed E-state index contributed by atoms with van der Waals surface area (Å²) in [5.41, 5.74) is 2.69. The number of hydrogen-bond donors (Lipinski definition) is 0. The first-order valence-electron chi connectivity index (χ1n) is 4.65. The summed E-state index contributed by atoms with van der Waals surface area (Å²) in [6.07, 6.45) is 2.21. The minimum atomic E-state index is 0. The zero-order valence-corrected chi connectivity index (χ0v) is 11.7. The average molecular weight is 261 g/mol. The Morgan fingerprint density at radius 3 is 2.71 bits per heavy atom. The summed E-state index contributed by atoms with van der Waals surface area (Å²) in [7, 11) is 2.09. The zero-order valence-electron chi connectivity index (χ0n) is 8.91. The quantitative estimate of drug-likeness (QED) is 0.695. The van der Waals surface area contributed by atoms with Crippen molar-refractivity contribution in [3.63, 3.8) is 0 Å². The van der Waals surface area contributed by atoms with E-state index in [0.717, 1.165) is 0 Å². The van der Waals surface area contributed by atoms with Crippen molar-refractivity contribution in [1.82, 2.24) is 4.57 Å². The molecule has 0 saturated heterocycles. The van der Waals surface area contributed by atoms with E-state index in [9.17, 15) is 0 Å². The van der Waals surface area contributed by atoms with Crippen LogP contribution in [0.3, 0.4) is 0 Å². The van der Waals surface area contributed by atoms with Crippen molar-refractivity contribution in [2.45, 2.75) is 19.8 Å². The molecule has 2 heteroatoms. The van der Waals surface area contributed by atoms with E-state index in [-0.39, 0.29) is 32.7 Å². The molecule has 1 radical (unpaired) electrons. The molecule has 0 N–H and O–H groups in total. The molecule has 1 aromatic carbocycles. The maximum atomic E-state index is 3.11. The van der Waals surface area contributed by atoms with Crippen molar-refractivity contribution in [1.29, 1.82) is 0 Å². The second-order valence-corrected chi connectivity index (χ2v) is 3.79. The fraction of sp³-hybridized carbons (Fsp3) is 0.333. The number of nitrogens with zero attached hydrogens (tertiary/aromatic N) is 1. The molecule has 71 valence electrons. The summed E-state index contributed by atoms with van der Waals surface area (Å²) in [5.74, 6) is 0.589.